The van der Waals surface area contributed by atoms with Crippen LogP contribution in [-0.4, -0.2) is 48.2 Å². The Bertz CT molecular complexity index is 878. The van der Waals surface area contributed by atoms with Crippen LogP contribution in [0.1, 0.15) is 12.6 Å². The van der Waals surface area contributed by atoms with E-state index in [-0.39, 0.29) is 17.6 Å². The fourth-order valence-electron chi connectivity index (χ4n) is 2.42. The van der Waals surface area contributed by atoms with Gasteiger partial charge in [-0.1, -0.05) is 5.11 Å². The van der Waals surface area contributed by atoms with Gasteiger partial charge in [-0.2, -0.15) is 0 Å². The van der Waals surface area contributed by atoms with Gasteiger partial charge in [0, 0.05) is 11.3 Å². The number of azide groups is 1. The van der Waals surface area contributed by atoms with Gasteiger partial charge in [0.15, 0.2) is 11.2 Å². The molecule has 2 aromatic rings. The van der Waals surface area contributed by atoms with Crippen molar-refractivity contribution >= 4 is 11.2 Å². The fourth-order valence-corrected chi connectivity index (χ4v) is 2.42. The van der Waals surface area contributed by atoms with E-state index in [0.717, 1.165) is 0 Å². The second kappa shape index (κ2) is 4.96. The highest BCUT2D eigenvalue weighted by atomic mass is 16.6. The molecule has 0 radical (unpaired) electrons. The van der Waals surface area contributed by atoms with Crippen LogP contribution < -0.4 is 11.2 Å². The highest BCUT2D eigenvalue weighted by Crippen LogP contribution is 2.38. The monoisotopic (exact) mass is 309 g/mol. The van der Waals surface area contributed by atoms with Gasteiger partial charge in [-0.15, -0.1) is 0 Å². The molecular weight excluding hydrogens is 298 g/mol. The molecule has 1 aliphatic rings. The van der Waals surface area contributed by atoms with Crippen molar-refractivity contribution in [1.29, 1.82) is 0 Å². The van der Waals surface area contributed by atoms with Gasteiger partial charge in [-0.25, -0.2) is 9.78 Å². The molecule has 116 valence electrons. The van der Waals surface area contributed by atoms with Crippen molar-refractivity contribution in [3.05, 3.63) is 37.6 Å². The molecule has 12 heteroatoms. The molecule has 0 amide bonds. The van der Waals surface area contributed by atoms with Crippen LogP contribution in [0.25, 0.3) is 21.6 Å². The van der Waals surface area contributed by atoms with E-state index in [9.17, 15) is 19.8 Å². The van der Waals surface area contributed by atoms with Gasteiger partial charge in [0.1, 0.15) is 11.9 Å². The molecule has 22 heavy (non-hydrogen) atoms. The first-order chi connectivity index (χ1) is 10.5. The number of imidazole rings is 1. The number of H-pyrrole nitrogens is 2. The molecular formula is C10H11N7O5. The van der Waals surface area contributed by atoms with Gasteiger partial charge >= 0.3 is 5.69 Å². The SMILES string of the molecule is [N-]=[N+]=N[C@]1(CO)O[C@H](n2cnc3c(=O)[nH]c(=O)[nH]c32)C[C@@H]1O. The van der Waals surface area contributed by atoms with E-state index in [1.165, 1.54) is 10.9 Å². The summed E-state index contributed by atoms with van der Waals surface area (Å²) in [4.78, 5) is 33.9. The third kappa shape index (κ3) is 1.98. The molecule has 4 N–H and O–H groups in total. The smallest absolute Gasteiger partial charge is 0.327 e. The van der Waals surface area contributed by atoms with Crippen LogP contribution in [0.2, 0.25) is 0 Å². The maximum atomic E-state index is 11.6. The Labute approximate surface area is 120 Å². The molecule has 0 saturated carbocycles. The number of hydrogen-bond acceptors (Lipinski definition) is 7. The van der Waals surface area contributed by atoms with Gasteiger partial charge in [-0.3, -0.25) is 19.3 Å². The van der Waals surface area contributed by atoms with Crippen LogP contribution in [0, 0.1) is 0 Å². The Kier molecular flexibility index (Phi) is 3.22. The number of aliphatic hydroxyl groups is 2. The molecule has 1 fully saturated rings. The molecule has 0 unspecified atom stereocenters. The summed E-state index contributed by atoms with van der Waals surface area (Å²) in [6, 6.07) is 0. The molecule has 12 nitrogen and oxygen atoms in total. The maximum absolute atomic E-state index is 11.6. The predicted molar refractivity (Wildman–Crippen MR) is 70.7 cm³/mol. The summed E-state index contributed by atoms with van der Waals surface area (Å²) in [5, 5.41) is 22.7. The van der Waals surface area contributed by atoms with Gasteiger partial charge in [0.05, 0.1) is 19.0 Å². The summed E-state index contributed by atoms with van der Waals surface area (Å²) in [7, 11) is 0. The molecule has 1 saturated heterocycles. The van der Waals surface area contributed by atoms with E-state index in [1.54, 1.807) is 0 Å². The van der Waals surface area contributed by atoms with Crippen molar-refractivity contribution in [2.45, 2.75) is 24.5 Å². The molecule has 0 spiro atoms. The average molecular weight is 309 g/mol. The Morgan fingerprint density at radius 2 is 2.36 bits per heavy atom. The minimum atomic E-state index is -1.82. The molecule has 0 aromatic carbocycles. The zero-order chi connectivity index (χ0) is 15.9. The number of aromatic amines is 2. The zero-order valence-corrected chi connectivity index (χ0v) is 11.0. The van der Waals surface area contributed by atoms with Crippen LogP contribution >= 0.6 is 0 Å². The molecule has 3 heterocycles. The maximum Gasteiger partial charge on any atom is 0.327 e. The second-order valence-electron chi connectivity index (χ2n) is 4.77. The van der Waals surface area contributed by atoms with Crippen LogP contribution in [0.3, 0.4) is 0 Å². The molecule has 3 rings (SSSR count). The zero-order valence-electron chi connectivity index (χ0n) is 11.0. The highest BCUT2D eigenvalue weighted by Gasteiger charge is 2.48. The average Bonchev–Trinajstić information content (AvgIpc) is 3.02. The lowest BCUT2D eigenvalue weighted by molar-refractivity contribution is -0.122. The van der Waals surface area contributed by atoms with Gasteiger partial charge in [0.25, 0.3) is 5.56 Å². The number of aliphatic hydroxyl groups excluding tert-OH is 2. The van der Waals surface area contributed by atoms with Crippen LogP contribution in [0.5, 0.6) is 0 Å². The number of hydrogen-bond donors (Lipinski definition) is 4. The predicted octanol–water partition coefficient (Wildman–Crippen LogP) is -1.31. The molecule has 0 aliphatic carbocycles. The van der Waals surface area contributed by atoms with Crippen LogP contribution in [0.15, 0.2) is 21.0 Å². The summed E-state index contributed by atoms with van der Waals surface area (Å²) in [6.45, 7) is -0.724. The van der Waals surface area contributed by atoms with Crippen molar-refractivity contribution in [1.82, 2.24) is 19.5 Å². The van der Waals surface area contributed by atoms with E-state index in [1.807, 2.05) is 4.98 Å². The number of nitrogens with one attached hydrogen (secondary N) is 2. The van der Waals surface area contributed by atoms with Crippen molar-refractivity contribution in [3.63, 3.8) is 0 Å². The summed E-state index contributed by atoms with van der Waals surface area (Å²) in [5.74, 6) is 0. The lowest BCUT2D eigenvalue weighted by Gasteiger charge is -2.24. The number of nitrogens with zero attached hydrogens (tertiary/aromatic N) is 5. The van der Waals surface area contributed by atoms with Crippen molar-refractivity contribution in [3.8, 4) is 0 Å². The summed E-state index contributed by atoms with van der Waals surface area (Å²) in [5.41, 5.74) is 5.42. The Morgan fingerprint density at radius 3 is 3.05 bits per heavy atom. The number of ether oxygens (including phenoxy) is 1. The van der Waals surface area contributed by atoms with Gasteiger partial charge in [0.2, 0.25) is 0 Å². The standard InChI is InChI=1S/C10H11N7O5/c11-16-15-10(2-18)4(19)1-5(22-10)17-3-12-6-7(17)13-9(21)14-8(6)20/h3-5,18-19H,1-2H2,(H2,13,14,20,21)/t4-,5-,10+/m0/s1. The Balaban J connectivity index is 2.09. The van der Waals surface area contributed by atoms with E-state index in [2.05, 4.69) is 20.0 Å². The van der Waals surface area contributed by atoms with Crippen molar-refractivity contribution in [2.24, 2.45) is 5.11 Å². The lowest BCUT2D eigenvalue weighted by Crippen LogP contribution is -2.40. The number of rotatable bonds is 3. The number of aromatic nitrogens is 4. The minimum absolute atomic E-state index is 0.0111. The Morgan fingerprint density at radius 1 is 1.59 bits per heavy atom. The molecule has 0 bridgehead atoms. The van der Waals surface area contributed by atoms with Crippen LogP contribution in [0.4, 0.5) is 0 Å². The third-order valence-corrected chi connectivity index (χ3v) is 3.50. The highest BCUT2D eigenvalue weighted by molar-refractivity contribution is 5.68. The summed E-state index contributed by atoms with van der Waals surface area (Å²) >= 11 is 0. The van der Waals surface area contributed by atoms with Gasteiger partial charge in [-0.05, 0) is 5.53 Å². The lowest BCUT2D eigenvalue weighted by atomic mass is 10.1. The van der Waals surface area contributed by atoms with Crippen LogP contribution in [-0.2, 0) is 4.74 Å². The summed E-state index contributed by atoms with van der Waals surface area (Å²) in [6.07, 6.45) is -0.920. The van der Waals surface area contributed by atoms with Crippen molar-refractivity contribution in [2.75, 3.05) is 6.61 Å². The first-order valence-electron chi connectivity index (χ1n) is 6.23. The Hall–Kier alpha value is -2.66. The topological polar surface area (TPSA) is 182 Å². The number of fused-ring (bicyclic) bond motifs is 1. The van der Waals surface area contributed by atoms with Crippen molar-refractivity contribution < 1.29 is 14.9 Å². The largest absolute Gasteiger partial charge is 0.393 e. The van der Waals surface area contributed by atoms with E-state index < -0.39 is 35.9 Å². The normalized spacial score (nSPS) is 27.9. The van der Waals surface area contributed by atoms with E-state index in [0.29, 0.717) is 0 Å². The molecule has 1 aliphatic heterocycles. The quantitative estimate of drug-likeness (QED) is 0.310. The fraction of sp³-hybridized carbons (Fsp3) is 0.500. The first-order valence-corrected chi connectivity index (χ1v) is 6.23. The third-order valence-electron chi connectivity index (χ3n) is 3.50. The minimum Gasteiger partial charge on any atom is -0.393 e. The molecule has 2 aromatic heterocycles. The molecule has 3 atom stereocenters. The first kappa shape index (κ1) is 14.3. The second-order valence-corrected chi connectivity index (χ2v) is 4.77. The van der Waals surface area contributed by atoms with Gasteiger partial charge < -0.3 is 14.9 Å². The summed E-state index contributed by atoms with van der Waals surface area (Å²) < 4.78 is 6.77. The van der Waals surface area contributed by atoms with E-state index in [4.69, 9.17) is 10.3 Å². The van der Waals surface area contributed by atoms with E-state index >= 15 is 0 Å².